The third-order valence-corrected chi connectivity index (χ3v) is 6.31. The number of aromatic nitrogens is 3. The lowest BCUT2D eigenvalue weighted by molar-refractivity contribution is 0.192. The molecule has 0 aliphatic rings. The fourth-order valence-corrected chi connectivity index (χ4v) is 4.53. The highest BCUT2D eigenvalue weighted by Gasteiger charge is 2.14. The first-order chi connectivity index (χ1) is 16.7. The number of hydrogen-bond donors (Lipinski definition) is 1. The molecule has 0 fully saturated rings. The highest BCUT2D eigenvalue weighted by molar-refractivity contribution is 7.18. The summed E-state index contributed by atoms with van der Waals surface area (Å²) >= 11 is 1.56. The van der Waals surface area contributed by atoms with Gasteiger partial charge in [-0.2, -0.15) is 0 Å². The number of thiazole rings is 1. The standard InChI is InChI=1S/C26H23FN4O2S/c1-17-29-23-25(30-24(31-26(23)34-17)21-12-14-32-15-21)28-13-2-3-18-4-6-19(7-5-18)20-8-10-22(11-9-20)33-16-27/h4-12,14-15H,2-3,13,16H2,1H3,(H,28,30,31). The van der Waals surface area contributed by atoms with E-state index in [0.29, 0.717) is 11.6 Å². The Morgan fingerprint density at radius 2 is 1.71 bits per heavy atom. The third kappa shape index (κ3) is 4.92. The van der Waals surface area contributed by atoms with Gasteiger partial charge in [-0.25, -0.2) is 19.3 Å². The van der Waals surface area contributed by atoms with Crippen LogP contribution in [0.5, 0.6) is 5.75 Å². The zero-order chi connectivity index (χ0) is 23.3. The van der Waals surface area contributed by atoms with Gasteiger partial charge in [-0.3, -0.25) is 0 Å². The number of benzene rings is 2. The molecule has 0 radical (unpaired) electrons. The summed E-state index contributed by atoms with van der Waals surface area (Å²) in [5.41, 5.74) is 5.10. The van der Waals surface area contributed by atoms with E-state index in [9.17, 15) is 4.39 Å². The number of anilines is 1. The average molecular weight is 475 g/mol. The van der Waals surface area contributed by atoms with Gasteiger partial charge in [-0.05, 0) is 54.7 Å². The van der Waals surface area contributed by atoms with E-state index in [1.807, 2.05) is 25.1 Å². The van der Waals surface area contributed by atoms with E-state index in [1.54, 1.807) is 36.0 Å². The van der Waals surface area contributed by atoms with Crippen LogP contribution in [0.1, 0.15) is 17.0 Å². The van der Waals surface area contributed by atoms with Crippen molar-refractivity contribution in [2.75, 3.05) is 18.7 Å². The number of rotatable bonds is 9. The molecule has 3 heterocycles. The second kappa shape index (κ2) is 10.0. The Labute approximate surface area is 200 Å². The van der Waals surface area contributed by atoms with E-state index in [1.165, 1.54) is 5.56 Å². The predicted octanol–water partition coefficient (Wildman–Crippen LogP) is 6.67. The van der Waals surface area contributed by atoms with Gasteiger partial charge in [0.25, 0.3) is 0 Å². The molecule has 0 amide bonds. The fraction of sp³-hybridized carbons (Fsp3) is 0.192. The minimum Gasteiger partial charge on any atom is -0.472 e. The zero-order valence-corrected chi connectivity index (χ0v) is 19.4. The molecule has 0 aliphatic heterocycles. The lowest BCUT2D eigenvalue weighted by Crippen LogP contribution is -2.06. The van der Waals surface area contributed by atoms with Crippen molar-refractivity contribution in [3.8, 4) is 28.3 Å². The summed E-state index contributed by atoms with van der Waals surface area (Å²) in [6.07, 6.45) is 5.16. The average Bonchev–Trinajstić information content (AvgIpc) is 3.52. The topological polar surface area (TPSA) is 73.1 Å². The maximum Gasteiger partial charge on any atom is 0.228 e. The quantitative estimate of drug-likeness (QED) is 0.241. The number of nitrogens with one attached hydrogen (secondary N) is 1. The molecular weight excluding hydrogens is 451 g/mol. The molecule has 8 heteroatoms. The molecule has 0 aliphatic carbocycles. The zero-order valence-electron chi connectivity index (χ0n) is 18.6. The second-order valence-electron chi connectivity index (χ2n) is 7.80. The summed E-state index contributed by atoms with van der Waals surface area (Å²) in [6, 6.07) is 17.8. The number of ether oxygens (including phenoxy) is 1. The van der Waals surface area contributed by atoms with Crippen molar-refractivity contribution in [3.05, 3.63) is 77.7 Å². The van der Waals surface area contributed by atoms with Crippen molar-refractivity contribution >= 4 is 27.5 Å². The van der Waals surface area contributed by atoms with Crippen LogP contribution < -0.4 is 10.1 Å². The smallest absolute Gasteiger partial charge is 0.228 e. The number of halogens is 1. The Morgan fingerprint density at radius 1 is 0.941 bits per heavy atom. The van der Waals surface area contributed by atoms with E-state index in [0.717, 1.165) is 57.2 Å². The summed E-state index contributed by atoms with van der Waals surface area (Å²) in [6.45, 7) is 1.93. The second-order valence-corrected chi connectivity index (χ2v) is 8.98. The van der Waals surface area contributed by atoms with Gasteiger partial charge in [0, 0.05) is 6.54 Å². The highest BCUT2D eigenvalue weighted by Crippen LogP contribution is 2.29. The van der Waals surface area contributed by atoms with Crippen molar-refractivity contribution < 1.29 is 13.5 Å². The molecule has 0 unspecified atom stereocenters. The molecule has 0 saturated heterocycles. The molecule has 0 atom stereocenters. The van der Waals surface area contributed by atoms with Crippen LogP contribution in [-0.2, 0) is 6.42 Å². The maximum atomic E-state index is 12.3. The lowest BCUT2D eigenvalue weighted by atomic mass is 10.0. The first-order valence-corrected chi connectivity index (χ1v) is 11.8. The van der Waals surface area contributed by atoms with Crippen molar-refractivity contribution in [2.24, 2.45) is 0 Å². The van der Waals surface area contributed by atoms with Crippen molar-refractivity contribution in [3.63, 3.8) is 0 Å². The monoisotopic (exact) mass is 474 g/mol. The summed E-state index contributed by atoms with van der Waals surface area (Å²) < 4.78 is 22.3. The van der Waals surface area contributed by atoms with Crippen molar-refractivity contribution in [2.45, 2.75) is 19.8 Å². The summed E-state index contributed by atoms with van der Waals surface area (Å²) in [5, 5.41) is 4.41. The molecule has 3 aromatic heterocycles. The Kier molecular flexibility index (Phi) is 6.49. The summed E-state index contributed by atoms with van der Waals surface area (Å²) in [5.74, 6) is 1.91. The number of fused-ring (bicyclic) bond motifs is 1. The van der Waals surface area contributed by atoms with Crippen LogP contribution in [0.4, 0.5) is 10.2 Å². The highest BCUT2D eigenvalue weighted by atomic mass is 32.1. The van der Waals surface area contributed by atoms with Gasteiger partial charge in [0.1, 0.15) is 22.4 Å². The van der Waals surface area contributed by atoms with Gasteiger partial charge >= 0.3 is 0 Å². The van der Waals surface area contributed by atoms with Gasteiger partial charge in [-0.15, -0.1) is 0 Å². The Bertz CT molecular complexity index is 1370. The molecule has 0 bridgehead atoms. The SMILES string of the molecule is Cc1nc2c(NCCCc3ccc(-c4ccc(OCF)cc4)cc3)nc(-c3ccoc3)nc2s1. The number of nitrogens with zero attached hydrogens (tertiary/aromatic N) is 3. The van der Waals surface area contributed by atoms with Crippen LogP contribution in [0.3, 0.4) is 0 Å². The Morgan fingerprint density at radius 3 is 2.41 bits per heavy atom. The van der Waals surface area contributed by atoms with Crippen LogP contribution >= 0.6 is 11.3 Å². The summed E-state index contributed by atoms with van der Waals surface area (Å²) in [4.78, 5) is 14.8. The van der Waals surface area contributed by atoms with Crippen LogP contribution in [0, 0.1) is 6.92 Å². The minimum atomic E-state index is -0.819. The molecule has 6 nitrogen and oxygen atoms in total. The molecule has 1 N–H and O–H groups in total. The van der Waals surface area contributed by atoms with Crippen molar-refractivity contribution in [1.29, 1.82) is 0 Å². The molecule has 0 spiro atoms. The van der Waals surface area contributed by atoms with Gasteiger partial charge in [0.15, 0.2) is 11.6 Å². The summed E-state index contributed by atoms with van der Waals surface area (Å²) in [7, 11) is 0. The maximum absolute atomic E-state index is 12.3. The van der Waals surface area contributed by atoms with E-state index in [-0.39, 0.29) is 0 Å². The molecule has 34 heavy (non-hydrogen) atoms. The number of furan rings is 1. The van der Waals surface area contributed by atoms with Gasteiger partial charge in [0.2, 0.25) is 6.86 Å². The number of hydrogen-bond acceptors (Lipinski definition) is 7. The van der Waals surface area contributed by atoms with Crippen LogP contribution in [-0.4, -0.2) is 28.4 Å². The normalized spacial score (nSPS) is 11.1. The number of aryl methyl sites for hydroxylation is 2. The minimum absolute atomic E-state index is 0.529. The molecule has 2 aromatic carbocycles. The third-order valence-electron chi connectivity index (χ3n) is 5.44. The fourth-order valence-electron chi connectivity index (χ4n) is 3.74. The van der Waals surface area contributed by atoms with E-state index in [4.69, 9.17) is 14.1 Å². The van der Waals surface area contributed by atoms with Crippen LogP contribution in [0.2, 0.25) is 0 Å². The lowest BCUT2D eigenvalue weighted by Gasteiger charge is -2.09. The predicted molar refractivity (Wildman–Crippen MR) is 133 cm³/mol. The van der Waals surface area contributed by atoms with Crippen LogP contribution in [0.25, 0.3) is 32.9 Å². The molecule has 5 aromatic rings. The van der Waals surface area contributed by atoms with E-state index >= 15 is 0 Å². The van der Waals surface area contributed by atoms with Gasteiger partial charge < -0.3 is 14.5 Å². The van der Waals surface area contributed by atoms with Crippen LogP contribution in [0.15, 0.2) is 71.5 Å². The first-order valence-electron chi connectivity index (χ1n) is 11.0. The van der Waals surface area contributed by atoms with Gasteiger partial charge in [0.05, 0.1) is 16.8 Å². The molecule has 0 saturated carbocycles. The Hall–Kier alpha value is -3.78. The Balaban J connectivity index is 1.21. The van der Waals surface area contributed by atoms with E-state index < -0.39 is 6.86 Å². The van der Waals surface area contributed by atoms with Crippen molar-refractivity contribution in [1.82, 2.24) is 15.0 Å². The first kappa shape index (κ1) is 22.0. The largest absolute Gasteiger partial charge is 0.472 e. The molecule has 172 valence electrons. The molecular formula is C26H23FN4O2S. The number of alkyl halides is 1. The molecule has 5 rings (SSSR count). The van der Waals surface area contributed by atoms with E-state index in [2.05, 4.69) is 39.6 Å². The van der Waals surface area contributed by atoms with Gasteiger partial charge in [-0.1, -0.05) is 47.7 Å².